The zero-order valence-electron chi connectivity index (χ0n) is 16.4. The van der Waals surface area contributed by atoms with Gasteiger partial charge in [0.2, 0.25) is 0 Å². The van der Waals surface area contributed by atoms with Crippen molar-refractivity contribution < 1.29 is 23.8 Å². The summed E-state index contributed by atoms with van der Waals surface area (Å²) >= 11 is 0. The summed E-state index contributed by atoms with van der Waals surface area (Å²) in [7, 11) is 5.08. The van der Waals surface area contributed by atoms with E-state index in [2.05, 4.69) is 10.6 Å². The van der Waals surface area contributed by atoms with Gasteiger partial charge in [0.25, 0.3) is 0 Å². The minimum absolute atomic E-state index is 0.271. The number of rotatable bonds is 8. The molecule has 0 bridgehead atoms. The number of esters is 1. The summed E-state index contributed by atoms with van der Waals surface area (Å²) < 4.78 is 15.9. The molecule has 0 spiro atoms. The van der Waals surface area contributed by atoms with Gasteiger partial charge in [-0.05, 0) is 27.0 Å². The lowest BCUT2D eigenvalue weighted by Crippen LogP contribution is -2.51. The van der Waals surface area contributed by atoms with Gasteiger partial charge in [-0.25, -0.2) is 9.59 Å². The Hall–Kier alpha value is -2.74. The third-order valence-corrected chi connectivity index (χ3v) is 4.22. The zero-order valence-corrected chi connectivity index (χ0v) is 16.4. The van der Waals surface area contributed by atoms with E-state index in [4.69, 9.17) is 14.2 Å². The van der Waals surface area contributed by atoms with Gasteiger partial charge in [0, 0.05) is 24.4 Å². The number of amides is 2. The number of para-hydroxylation sites is 1. The number of likely N-dealkylation sites (N-methyl/N-ethyl adjacent to an activating group) is 1. The third-order valence-electron chi connectivity index (χ3n) is 4.22. The zero-order chi connectivity index (χ0) is 20.0. The molecule has 2 N–H and O–H groups in total. The summed E-state index contributed by atoms with van der Waals surface area (Å²) in [5.74, 6) is 0.882. The second-order valence-electron chi connectivity index (χ2n) is 6.26. The molecule has 0 saturated carbocycles. The highest BCUT2D eigenvalue weighted by molar-refractivity contribution is 5.94. The summed E-state index contributed by atoms with van der Waals surface area (Å²) in [5, 5.41) is 5.43. The Labute approximate surface area is 159 Å². The summed E-state index contributed by atoms with van der Waals surface area (Å²) in [6.45, 7) is 4.69. The molecule has 0 fully saturated rings. The number of benzene rings is 1. The third kappa shape index (κ3) is 4.91. The monoisotopic (exact) mass is 377 g/mol. The van der Waals surface area contributed by atoms with E-state index >= 15 is 0 Å². The Kier molecular flexibility index (Phi) is 7.06. The highest BCUT2D eigenvalue weighted by atomic mass is 16.5. The molecule has 2 rings (SSSR count). The molecule has 1 heterocycles. The van der Waals surface area contributed by atoms with Gasteiger partial charge in [-0.3, -0.25) is 4.90 Å². The molecule has 148 valence electrons. The minimum atomic E-state index is -0.431. The van der Waals surface area contributed by atoms with Crippen LogP contribution in [0.15, 0.2) is 29.5 Å². The number of hydrogen-bond acceptors (Lipinski definition) is 6. The van der Waals surface area contributed by atoms with Crippen molar-refractivity contribution in [3.05, 3.63) is 35.0 Å². The van der Waals surface area contributed by atoms with Crippen LogP contribution in [0.3, 0.4) is 0 Å². The van der Waals surface area contributed by atoms with Crippen LogP contribution in [0.1, 0.15) is 19.4 Å². The molecule has 27 heavy (non-hydrogen) atoms. The first-order chi connectivity index (χ1) is 12.9. The molecule has 1 atom stereocenters. The van der Waals surface area contributed by atoms with Crippen molar-refractivity contribution in [3.8, 4) is 11.5 Å². The lowest BCUT2D eigenvalue weighted by atomic mass is 10.0. The number of ether oxygens (including phenoxy) is 3. The molecule has 8 nitrogen and oxygen atoms in total. The molecule has 1 aliphatic heterocycles. The van der Waals surface area contributed by atoms with Crippen molar-refractivity contribution in [1.82, 2.24) is 15.5 Å². The van der Waals surface area contributed by atoms with Crippen molar-refractivity contribution >= 4 is 12.0 Å². The quantitative estimate of drug-likeness (QED) is 0.670. The van der Waals surface area contributed by atoms with Gasteiger partial charge in [0.1, 0.15) is 0 Å². The van der Waals surface area contributed by atoms with Crippen molar-refractivity contribution in [3.63, 3.8) is 0 Å². The predicted molar refractivity (Wildman–Crippen MR) is 101 cm³/mol. The molecule has 1 aromatic rings. The Balaban J connectivity index is 2.24. The number of carbonyl (C=O) groups excluding carboxylic acids is 2. The first-order valence-corrected chi connectivity index (χ1v) is 8.77. The van der Waals surface area contributed by atoms with Gasteiger partial charge < -0.3 is 24.8 Å². The van der Waals surface area contributed by atoms with Crippen LogP contribution in [-0.2, 0) is 16.1 Å². The fourth-order valence-electron chi connectivity index (χ4n) is 3.10. The van der Waals surface area contributed by atoms with Gasteiger partial charge in [-0.1, -0.05) is 12.1 Å². The summed E-state index contributed by atoms with van der Waals surface area (Å²) in [4.78, 5) is 26.2. The molecule has 0 aliphatic carbocycles. The van der Waals surface area contributed by atoms with E-state index < -0.39 is 12.0 Å². The second kappa shape index (κ2) is 9.27. The van der Waals surface area contributed by atoms with Crippen LogP contribution in [0.2, 0.25) is 0 Å². The molecule has 0 saturated heterocycles. The summed E-state index contributed by atoms with van der Waals surface area (Å²) in [6, 6.07) is 4.91. The van der Waals surface area contributed by atoms with Crippen LogP contribution in [0, 0.1) is 0 Å². The van der Waals surface area contributed by atoms with Crippen LogP contribution in [0.4, 0.5) is 4.79 Å². The molecule has 2 amide bonds. The van der Waals surface area contributed by atoms with Crippen LogP contribution in [0.5, 0.6) is 11.5 Å². The fraction of sp³-hybridized carbons (Fsp3) is 0.474. The van der Waals surface area contributed by atoms with Crippen LogP contribution >= 0.6 is 0 Å². The predicted octanol–water partition coefficient (Wildman–Crippen LogP) is 1.65. The first kappa shape index (κ1) is 20.6. The minimum Gasteiger partial charge on any atom is -0.493 e. The SMILES string of the molecule is CCOC(=O)C1=C(CN(C)Cc2cccc(OC)c2OC)NC(=O)N[C@@H]1C. The van der Waals surface area contributed by atoms with Gasteiger partial charge in [0.15, 0.2) is 11.5 Å². The average Bonchev–Trinajstić information content (AvgIpc) is 2.60. The topological polar surface area (TPSA) is 89.1 Å². The van der Waals surface area contributed by atoms with Gasteiger partial charge in [-0.2, -0.15) is 0 Å². The van der Waals surface area contributed by atoms with E-state index in [0.717, 1.165) is 5.56 Å². The molecule has 0 aromatic heterocycles. The molecule has 1 aromatic carbocycles. The number of nitrogens with zero attached hydrogens (tertiary/aromatic N) is 1. The van der Waals surface area contributed by atoms with E-state index in [1.54, 1.807) is 28.1 Å². The summed E-state index contributed by atoms with van der Waals surface area (Å²) in [6.07, 6.45) is 0. The summed E-state index contributed by atoms with van der Waals surface area (Å²) in [5.41, 5.74) is 1.90. The number of carbonyl (C=O) groups is 2. The van der Waals surface area contributed by atoms with E-state index in [1.165, 1.54) is 0 Å². The standard InChI is InChI=1S/C19H27N3O5/c1-6-27-18(23)16-12(2)20-19(24)21-14(16)11-22(3)10-13-8-7-9-15(25-4)17(13)26-5/h7-9,12H,6,10-11H2,1-5H3,(H2,20,21,24)/t12-/m1/s1. The van der Waals surface area contributed by atoms with E-state index in [-0.39, 0.29) is 12.6 Å². The van der Waals surface area contributed by atoms with Crippen molar-refractivity contribution in [2.75, 3.05) is 34.4 Å². The molecule has 0 radical (unpaired) electrons. The average molecular weight is 377 g/mol. The van der Waals surface area contributed by atoms with E-state index in [0.29, 0.717) is 35.9 Å². The normalized spacial score (nSPS) is 16.7. The number of methoxy groups -OCH3 is 2. The molecule has 8 heteroatoms. The van der Waals surface area contributed by atoms with Crippen LogP contribution < -0.4 is 20.1 Å². The molecular weight excluding hydrogens is 350 g/mol. The lowest BCUT2D eigenvalue weighted by molar-refractivity contribution is -0.139. The maximum absolute atomic E-state index is 12.3. The van der Waals surface area contributed by atoms with Gasteiger partial charge >= 0.3 is 12.0 Å². The Morgan fingerprint density at radius 3 is 2.59 bits per heavy atom. The molecule has 1 aliphatic rings. The fourth-order valence-corrected chi connectivity index (χ4v) is 3.10. The smallest absolute Gasteiger partial charge is 0.337 e. The Morgan fingerprint density at radius 2 is 1.96 bits per heavy atom. The van der Waals surface area contributed by atoms with E-state index in [1.807, 2.05) is 30.1 Å². The number of hydrogen-bond donors (Lipinski definition) is 2. The maximum Gasteiger partial charge on any atom is 0.337 e. The number of nitrogens with one attached hydrogen (secondary N) is 2. The second-order valence-corrected chi connectivity index (χ2v) is 6.26. The molecular formula is C19H27N3O5. The van der Waals surface area contributed by atoms with Crippen molar-refractivity contribution in [2.45, 2.75) is 26.4 Å². The van der Waals surface area contributed by atoms with E-state index in [9.17, 15) is 9.59 Å². The largest absolute Gasteiger partial charge is 0.493 e. The molecule has 0 unspecified atom stereocenters. The first-order valence-electron chi connectivity index (χ1n) is 8.77. The number of urea groups is 1. The van der Waals surface area contributed by atoms with Crippen LogP contribution in [0.25, 0.3) is 0 Å². The maximum atomic E-state index is 12.3. The highest BCUT2D eigenvalue weighted by Crippen LogP contribution is 2.31. The Morgan fingerprint density at radius 1 is 1.22 bits per heavy atom. The van der Waals surface area contributed by atoms with Crippen molar-refractivity contribution in [1.29, 1.82) is 0 Å². The van der Waals surface area contributed by atoms with Gasteiger partial charge in [0.05, 0.1) is 32.4 Å². The van der Waals surface area contributed by atoms with Crippen LogP contribution in [-0.4, -0.2) is 57.4 Å². The highest BCUT2D eigenvalue weighted by Gasteiger charge is 2.30. The lowest BCUT2D eigenvalue weighted by Gasteiger charge is -2.29. The Bertz CT molecular complexity index is 732. The van der Waals surface area contributed by atoms with Gasteiger partial charge in [-0.15, -0.1) is 0 Å². The van der Waals surface area contributed by atoms with Crippen molar-refractivity contribution in [2.24, 2.45) is 0 Å².